The Morgan fingerprint density at radius 1 is 1.07 bits per heavy atom. The minimum atomic E-state index is -0.257. The summed E-state index contributed by atoms with van der Waals surface area (Å²) in [7, 11) is 0. The molecule has 1 heterocycles. The SMILES string of the molecule is Cc1[nH]c2c(F)ccc(C)c2c1CCNC(=O)COc1cccc2ccccc12. The summed E-state index contributed by atoms with van der Waals surface area (Å²) >= 11 is 0. The maximum Gasteiger partial charge on any atom is 0.257 e. The number of hydrogen-bond acceptors (Lipinski definition) is 2. The van der Waals surface area contributed by atoms with Gasteiger partial charge in [-0.05, 0) is 48.9 Å². The Morgan fingerprint density at radius 3 is 2.72 bits per heavy atom. The third kappa shape index (κ3) is 3.81. The number of benzene rings is 3. The quantitative estimate of drug-likeness (QED) is 0.496. The molecular formula is C24H23FN2O2. The smallest absolute Gasteiger partial charge is 0.257 e. The normalized spacial score (nSPS) is 11.1. The zero-order valence-corrected chi connectivity index (χ0v) is 16.5. The van der Waals surface area contributed by atoms with Crippen molar-refractivity contribution < 1.29 is 13.9 Å². The zero-order valence-electron chi connectivity index (χ0n) is 16.5. The highest BCUT2D eigenvalue weighted by Crippen LogP contribution is 2.28. The number of ether oxygens (including phenoxy) is 1. The largest absolute Gasteiger partial charge is 0.483 e. The van der Waals surface area contributed by atoms with Gasteiger partial charge >= 0.3 is 0 Å². The second-order valence-corrected chi connectivity index (χ2v) is 7.21. The number of aromatic amines is 1. The maximum atomic E-state index is 14.1. The summed E-state index contributed by atoms with van der Waals surface area (Å²) in [6.07, 6.45) is 0.621. The topological polar surface area (TPSA) is 54.1 Å². The fourth-order valence-corrected chi connectivity index (χ4v) is 3.80. The summed E-state index contributed by atoms with van der Waals surface area (Å²) in [4.78, 5) is 15.4. The van der Waals surface area contributed by atoms with E-state index in [4.69, 9.17) is 4.74 Å². The van der Waals surface area contributed by atoms with Crippen LogP contribution in [0.1, 0.15) is 16.8 Å². The Hall–Kier alpha value is -3.34. The van der Waals surface area contributed by atoms with E-state index in [1.165, 1.54) is 6.07 Å². The average Bonchev–Trinajstić information content (AvgIpc) is 3.07. The summed E-state index contributed by atoms with van der Waals surface area (Å²) in [5.41, 5.74) is 3.51. The van der Waals surface area contributed by atoms with Crippen molar-refractivity contribution in [2.24, 2.45) is 0 Å². The molecule has 0 unspecified atom stereocenters. The third-order valence-electron chi connectivity index (χ3n) is 5.24. The fraction of sp³-hybridized carbons (Fsp3) is 0.208. The number of carbonyl (C=O) groups is 1. The lowest BCUT2D eigenvalue weighted by Gasteiger charge is -2.10. The molecule has 0 radical (unpaired) electrons. The molecule has 1 amide bonds. The standard InChI is InChI=1S/C24H23FN2O2/c1-15-10-11-20(25)24-23(15)18(16(2)27-24)12-13-26-22(28)14-29-21-9-5-7-17-6-3-4-8-19(17)21/h3-11,27H,12-14H2,1-2H3,(H,26,28). The first-order chi connectivity index (χ1) is 14.0. The van der Waals surface area contributed by atoms with Crippen LogP contribution in [-0.2, 0) is 11.2 Å². The molecule has 0 spiro atoms. The van der Waals surface area contributed by atoms with Crippen LogP contribution in [0.5, 0.6) is 5.75 Å². The Bertz CT molecular complexity index is 1190. The van der Waals surface area contributed by atoms with Crippen molar-refractivity contribution >= 4 is 27.6 Å². The van der Waals surface area contributed by atoms with Gasteiger partial charge in [0.1, 0.15) is 11.6 Å². The first kappa shape index (κ1) is 19.0. The summed E-state index contributed by atoms with van der Waals surface area (Å²) in [6, 6.07) is 17.0. The summed E-state index contributed by atoms with van der Waals surface area (Å²) in [5, 5.41) is 5.85. The van der Waals surface area contributed by atoms with Crippen LogP contribution < -0.4 is 10.1 Å². The number of H-pyrrole nitrogens is 1. The number of rotatable bonds is 6. The molecule has 0 atom stereocenters. The van der Waals surface area contributed by atoms with Gasteiger partial charge in [0.05, 0.1) is 5.52 Å². The van der Waals surface area contributed by atoms with E-state index in [-0.39, 0.29) is 18.3 Å². The second-order valence-electron chi connectivity index (χ2n) is 7.21. The van der Waals surface area contributed by atoms with E-state index in [1.807, 2.05) is 56.3 Å². The van der Waals surface area contributed by atoms with E-state index in [0.717, 1.165) is 33.0 Å². The lowest BCUT2D eigenvalue weighted by atomic mass is 10.0. The Morgan fingerprint density at radius 2 is 1.86 bits per heavy atom. The van der Waals surface area contributed by atoms with Gasteiger partial charge in [0.15, 0.2) is 6.61 Å². The zero-order chi connectivity index (χ0) is 20.4. The molecule has 0 fully saturated rings. The molecule has 1 aromatic heterocycles. The van der Waals surface area contributed by atoms with Gasteiger partial charge in [-0.25, -0.2) is 4.39 Å². The maximum absolute atomic E-state index is 14.1. The number of hydrogen-bond donors (Lipinski definition) is 2. The van der Waals surface area contributed by atoms with Crippen molar-refractivity contribution in [3.05, 3.63) is 77.2 Å². The molecule has 4 rings (SSSR count). The highest BCUT2D eigenvalue weighted by molar-refractivity contribution is 5.89. The molecule has 2 N–H and O–H groups in total. The monoisotopic (exact) mass is 390 g/mol. The minimum absolute atomic E-state index is 0.0471. The van der Waals surface area contributed by atoms with Gasteiger partial charge in [0.25, 0.3) is 5.91 Å². The van der Waals surface area contributed by atoms with Gasteiger partial charge in [-0.15, -0.1) is 0 Å². The van der Waals surface area contributed by atoms with Gasteiger partial charge < -0.3 is 15.0 Å². The number of fused-ring (bicyclic) bond motifs is 2. The number of amides is 1. The summed E-state index contributed by atoms with van der Waals surface area (Å²) in [6.45, 7) is 4.31. The molecule has 0 saturated heterocycles. The van der Waals surface area contributed by atoms with E-state index >= 15 is 0 Å². The molecule has 4 aromatic rings. The minimum Gasteiger partial charge on any atom is -0.483 e. The predicted molar refractivity (Wildman–Crippen MR) is 114 cm³/mol. The van der Waals surface area contributed by atoms with Crippen molar-refractivity contribution in [1.82, 2.24) is 10.3 Å². The molecule has 0 aliphatic carbocycles. The molecule has 4 nitrogen and oxygen atoms in total. The van der Waals surface area contributed by atoms with E-state index in [1.54, 1.807) is 6.07 Å². The number of halogens is 1. The Kier molecular flexibility index (Phi) is 5.21. The number of nitrogens with one attached hydrogen (secondary N) is 2. The lowest BCUT2D eigenvalue weighted by molar-refractivity contribution is -0.123. The van der Waals surface area contributed by atoms with Crippen LogP contribution in [0.15, 0.2) is 54.6 Å². The van der Waals surface area contributed by atoms with Crippen LogP contribution in [0.4, 0.5) is 4.39 Å². The number of aromatic nitrogens is 1. The fourth-order valence-electron chi connectivity index (χ4n) is 3.80. The van der Waals surface area contributed by atoms with Crippen LogP contribution in [0.2, 0.25) is 0 Å². The predicted octanol–water partition coefficient (Wildman–Crippen LogP) is 4.81. The molecular weight excluding hydrogens is 367 g/mol. The Labute approximate surface area is 168 Å². The van der Waals surface area contributed by atoms with E-state index in [2.05, 4.69) is 10.3 Å². The summed E-state index contributed by atoms with van der Waals surface area (Å²) < 4.78 is 19.8. The molecule has 0 aliphatic rings. The molecule has 3 aromatic carbocycles. The van der Waals surface area contributed by atoms with E-state index in [0.29, 0.717) is 24.2 Å². The average molecular weight is 390 g/mol. The number of aryl methyl sites for hydroxylation is 2. The van der Waals surface area contributed by atoms with Gasteiger partial charge in [0.2, 0.25) is 0 Å². The van der Waals surface area contributed by atoms with Crippen LogP contribution in [-0.4, -0.2) is 24.0 Å². The molecule has 29 heavy (non-hydrogen) atoms. The molecule has 0 aliphatic heterocycles. The summed E-state index contributed by atoms with van der Waals surface area (Å²) in [5.74, 6) is 0.252. The first-order valence-corrected chi connectivity index (χ1v) is 9.68. The van der Waals surface area contributed by atoms with Crippen LogP contribution in [0.25, 0.3) is 21.7 Å². The van der Waals surface area contributed by atoms with Gasteiger partial charge in [-0.2, -0.15) is 0 Å². The van der Waals surface area contributed by atoms with Gasteiger partial charge in [-0.3, -0.25) is 4.79 Å². The Balaban J connectivity index is 1.38. The van der Waals surface area contributed by atoms with Crippen LogP contribution >= 0.6 is 0 Å². The van der Waals surface area contributed by atoms with Crippen molar-refractivity contribution in [1.29, 1.82) is 0 Å². The van der Waals surface area contributed by atoms with E-state index in [9.17, 15) is 9.18 Å². The second kappa shape index (κ2) is 7.95. The van der Waals surface area contributed by atoms with Crippen LogP contribution in [0.3, 0.4) is 0 Å². The van der Waals surface area contributed by atoms with Crippen molar-refractivity contribution in [2.45, 2.75) is 20.3 Å². The van der Waals surface area contributed by atoms with Crippen LogP contribution in [0, 0.1) is 19.7 Å². The number of carbonyl (C=O) groups excluding carboxylic acids is 1. The first-order valence-electron chi connectivity index (χ1n) is 9.68. The third-order valence-corrected chi connectivity index (χ3v) is 5.24. The molecule has 0 saturated carbocycles. The molecule has 5 heteroatoms. The molecule has 0 bridgehead atoms. The van der Waals surface area contributed by atoms with Crippen molar-refractivity contribution in [3.63, 3.8) is 0 Å². The van der Waals surface area contributed by atoms with Crippen molar-refractivity contribution in [2.75, 3.05) is 13.2 Å². The van der Waals surface area contributed by atoms with E-state index < -0.39 is 0 Å². The lowest BCUT2D eigenvalue weighted by Crippen LogP contribution is -2.30. The van der Waals surface area contributed by atoms with Gasteiger partial charge in [-0.1, -0.05) is 42.5 Å². The highest BCUT2D eigenvalue weighted by Gasteiger charge is 2.14. The van der Waals surface area contributed by atoms with Crippen molar-refractivity contribution in [3.8, 4) is 5.75 Å². The molecule has 148 valence electrons. The van der Waals surface area contributed by atoms with Gasteiger partial charge in [0, 0.05) is 23.0 Å². The highest BCUT2D eigenvalue weighted by atomic mass is 19.1.